The van der Waals surface area contributed by atoms with Crippen LogP contribution >= 0.6 is 0 Å². The molecule has 0 heterocycles. The highest BCUT2D eigenvalue weighted by molar-refractivity contribution is 5.54. The summed E-state index contributed by atoms with van der Waals surface area (Å²) in [5, 5.41) is 5.85. The van der Waals surface area contributed by atoms with Gasteiger partial charge in [-0.1, -0.05) is 36.4 Å². The molecule has 158 valence electrons. The Kier molecular flexibility index (Phi) is 6.24. The minimum atomic E-state index is -4.43. The maximum Gasteiger partial charge on any atom is 0.416 e. The van der Waals surface area contributed by atoms with Gasteiger partial charge in [0.15, 0.2) is 0 Å². The van der Waals surface area contributed by atoms with Gasteiger partial charge in [-0.05, 0) is 47.5 Å². The lowest BCUT2D eigenvalue weighted by Crippen LogP contribution is -2.12. The van der Waals surface area contributed by atoms with Gasteiger partial charge in [-0.25, -0.2) is 0 Å². The van der Waals surface area contributed by atoms with Crippen LogP contribution in [0.5, 0.6) is 0 Å². The number of benzene rings is 3. The SMILES string of the molecule is FC(F)(F)c1ccccc1CNc1ccc(NCc2ccccc2C(F)(F)F)cc1. The summed E-state index contributed by atoms with van der Waals surface area (Å²) in [5.41, 5.74) is 0.0339. The molecule has 2 nitrogen and oxygen atoms in total. The van der Waals surface area contributed by atoms with Crippen LogP contribution in [-0.2, 0) is 25.4 Å². The standard InChI is InChI=1S/C22H18F6N2/c23-21(24,25)19-7-3-1-5-15(19)13-29-17-9-11-18(12-10-17)30-14-16-6-2-4-8-20(16)22(26,27)28/h1-12,29-30H,13-14H2. The highest BCUT2D eigenvalue weighted by Crippen LogP contribution is 2.33. The zero-order valence-electron chi connectivity index (χ0n) is 15.6. The van der Waals surface area contributed by atoms with E-state index in [4.69, 9.17) is 0 Å². The second kappa shape index (κ2) is 8.69. The Morgan fingerprint density at radius 2 is 0.833 bits per heavy atom. The second-order valence-electron chi connectivity index (χ2n) is 6.59. The van der Waals surface area contributed by atoms with Crippen LogP contribution in [0.25, 0.3) is 0 Å². The van der Waals surface area contributed by atoms with Crippen LogP contribution in [0.1, 0.15) is 22.3 Å². The van der Waals surface area contributed by atoms with Crippen LogP contribution in [0.3, 0.4) is 0 Å². The lowest BCUT2D eigenvalue weighted by molar-refractivity contribution is -0.139. The Labute approximate surface area is 169 Å². The van der Waals surface area contributed by atoms with E-state index in [1.165, 1.54) is 36.4 Å². The molecule has 30 heavy (non-hydrogen) atoms. The maximum absolute atomic E-state index is 13.0. The van der Waals surface area contributed by atoms with E-state index in [2.05, 4.69) is 10.6 Å². The van der Waals surface area contributed by atoms with Crippen LogP contribution in [0, 0.1) is 0 Å². The summed E-state index contributed by atoms with van der Waals surface area (Å²) in [6.07, 6.45) is -8.86. The number of anilines is 2. The second-order valence-corrected chi connectivity index (χ2v) is 6.59. The molecule has 2 N–H and O–H groups in total. The van der Waals surface area contributed by atoms with E-state index < -0.39 is 23.5 Å². The van der Waals surface area contributed by atoms with Crippen molar-refractivity contribution in [1.82, 2.24) is 0 Å². The summed E-state index contributed by atoms with van der Waals surface area (Å²) >= 11 is 0. The van der Waals surface area contributed by atoms with E-state index in [0.29, 0.717) is 11.4 Å². The molecule has 0 saturated carbocycles. The van der Waals surface area contributed by atoms with Crippen LogP contribution in [0.2, 0.25) is 0 Å². The van der Waals surface area contributed by atoms with Gasteiger partial charge in [0.05, 0.1) is 11.1 Å². The van der Waals surface area contributed by atoms with Crippen molar-refractivity contribution >= 4 is 11.4 Å². The first kappa shape index (κ1) is 21.5. The van der Waals surface area contributed by atoms with Gasteiger partial charge in [0, 0.05) is 24.5 Å². The molecule has 3 aromatic rings. The van der Waals surface area contributed by atoms with Crippen molar-refractivity contribution < 1.29 is 26.3 Å². The Morgan fingerprint density at radius 1 is 0.500 bits per heavy atom. The normalized spacial score (nSPS) is 11.9. The monoisotopic (exact) mass is 424 g/mol. The summed E-state index contributed by atoms with van der Waals surface area (Å²) in [6.45, 7) is -0.0250. The van der Waals surface area contributed by atoms with Crippen molar-refractivity contribution in [3.8, 4) is 0 Å². The van der Waals surface area contributed by atoms with E-state index in [1.807, 2.05) is 0 Å². The Bertz CT molecular complexity index is 897. The Hall–Kier alpha value is -3.16. The van der Waals surface area contributed by atoms with Gasteiger partial charge >= 0.3 is 12.4 Å². The molecule has 0 bridgehead atoms. The van der Waals surface area contributed by atoms with E-state index in [-0.39, 0.29) is 24.2 Å². The number of rotatable bonds is 6. The summed E-state index contributed by atoms with van der Waals surface area (Å²) < 4.78 is 78.3. The lowest BCUT2D eigenvalue weighted by atomic mass is 10.1. The summed E-state index contributed by atoms with van der Waals surface area (Å²) in [4.78, 5) is 0. The topological polar surface area (TPSA) is 24.1 Å². The fraction of sp³-hybridized carbons (Fsp3) is 0.182. The molecule has 0 saturated heterocycles. The summed E-state index contributed by atoms with van der Waals surface area (Å²) in [5.74, 6) is 0. The number of halogens is 6. The van der Waals surface area contributed by atoms with E-state index in [0.717, 1.165) is 12.1 Å². The summed E-state index contributed by atoms with van der Waals surface area (Å²) in [6, 6.07) is 17.2. The predicted octanol–water partition coefficient (Wildman–Crippen LogP) is 6.95. The molecule has 0 fully saturated rings. The quantitative estimate of drug-likeness (QED) is 0.419. The van der Waals surface area contributed by atoms with Crippen LogP contribution in [0.15, 0.2) is 72.8 Å². The van der Waals surface area contributed by atoms with E-state index >= 15 is 0 Å². The van der Waals surface area contributed by atoms with Gasteiger partial charge in [-0.3, -0.25) is 0 Å². The van der Waals surface area contributed by atoms with Crippen LogP contribution in [-0.4, -0.2) is 0 Å². The smallest absolute Gasteiger partial charge is 0.381 e. The van der Waals surface area contributed by atoms with Crippen LogP contribution < -0.4 is 10.6 Å². The van der Waals surface area contributed by atoms with Crippen molar-refractivity contribution in [3.63, 3.8) is 0 Å². The molecule has 3 rings (SSSR count). The molecule has 0 atom stereocenters. The average molecular weight is 424 g/mol. The van der Waals surface area contributed by atoms with Crippen molar-refractivity contribution in [1.29, 1.82) is 0 Å². The van der Waals surface area contributed by atoms with Gasteiger partial charge in [0.2, 0.25) is 0 Å². The van der Waals surface area contributed by atoms with Gasteiger partial charge < -0.3 is 10.6 Å². The van der Waals surface area contributed by atoms with Crippen molar-refractivity contribution in [2.75, 3.05) is 10.6 Å². The van der Waals surface area contributed by atoms with Gasteiger partial charge in [-0.2, -0.15) is 26.3 Å². The molecule has 0 aliphatic rings. The van der Waals surface area contributed by atoms with Crippen molar-refractivity contribution in [2.24, 2.45) is 0 Å². The number of nitrogens with one attached hydrogen (secondary N) is 2. The van der Waals surface area contributed by atoms with Gasteiger partial charge in [-0.15, -0.1) is 0 Å². The van der Waals surface area contributed by atoms with E-state index in [1.54, 1.807) is 24.3 Å². The first-order valence-corrected chi connectivity index (χ1v) is 9.02. The third kappa shape index (κ3) is 5.46. The van der Waals surface area contributed by atoms with Gasteiger partial charge in [0.1, 0.15) is 0 Å². The highest BCUT2D eigenvalue weighted by Gasteiger charge is 2.33. The van der Waals surface area contributed by atoms with Gasteiger partial charge in [0.25, 0.3) is 0 Å². The molecule has 3 aromatic carbocycles. The maximum atomic E-state index is 13.0. The number of hydrogen-bond donors (Lipinski definition) is 2. The Morgan fingerprint density at radius 3 is 1.17 bits per heavy atom. The molecule has 0 amide bonds. The molecule has 0 aromatic heterocycles. The molecular weight excluding hydrogens is 406 g/mol. The van der Waals surface area contributed by atoms with E-state index in [9.17, 15) is 26.3 Å². The van der Waals surface area contributed by atoms with Crippen molar-refractivity contribution in [2.45, 2.75) is 25.4 Å². The molecular formula is C22H18F6N2. The van der Waals surface area contributed by atoms with Crippen LogP contribution in [0.4, 0.5) is 37.7 Å². The summed E-state index contributed by atoms with van der Waals surface area (Å²) in [7, 11) is 0. The predicted molar refractivity (Wildman–Crippen MR) is 104 cm³/mol. The third-order valence-corrected chi connectivity index (χ3v) is 4.50. The number of alkyl halides is 6. The highest BCUT2D eigenvalue weighted by atomic mass is 19.4. The first-order valence-electron chi connectivity index (χ1n) is 9.02. The molecule has 0 unspecified atom stereocenters. The molecule has 0 radical (unpaired) electrons. The largest absolute Gasteiger partial charge is 0.416 e. The fourth-order valence-electron chi connectivity index (χ4n) is 3.00. The lowest BCUT2D eigenvalue weighted by Gasteiger charge is -2.15. The van der Waals surface area contributed by atoms with Crippen molar-refractivity contribution in [3.05, 3.63) is 95.1 Å². The molecule has 0 aliphatic carbocycles. The number of hydrogen-bond acceptors (Lipinski definition) is 2. The Balaban J connectivity index is 1.62. The molecule has 8 heteroatoms. The average Bonchev–Trinajstić information content (AvgIpc) is 2.70. The minimum Gasteiger partial charge on any atom is -0.381 e. The zero-order chi connectivity index (χ0) is 21.8. The molecule has 0 spiro atoms. The first-order chi connectivity index (χ1) is 14.1. The fourth-order valence-corrected chi connectivity index (χ4v) is 3.00. The zero-order valence-corrected chi connectivity index (χ0v) is 15.6. The minimum absolute atomic E-state index is 0.0125. The third-order valence-electron chi connectivity index (χ3n) is 4.50. The molecule has 0 aliphatic heterocycles.